The lowest BCUT2D eigenvalue weighted by molar-refractivity contribution is -0.122. The van der Waals surface area contributed by atoms with Crippen molar-refractivity contribution in [1.82, 2.24) is 15.1 Å². The van der Waals surface area contributed by atoms with E-state index in [-0.39, 0.29) is 5.57 Å². The number of barbiturate groups is 1. The summed E-state index contributed by atoms with van der Waals surface area (Å²) < 4.78 is 1.82. The molecule has 1 aliphatic rings. The number of imide groups is 2. The molecule has 4 amide bonds. The van der Waals surface area contributed by atoms with Crippen LogP contribution < -0.4 is 10.2 Å². The van der Waals surface area contributed by atoms with Gasteiger partial charge in [0.1, 0.15) is 5.57 Å². The van der Waals surface area contributed by atoms with Gasteiger partial charge in [-0.1, -0.05) is 48.5 Å². The number of aromatic nitrogens is 2. The van der Waals surface area contributed by atoms with Crippen molar-refractivity contribution in [2.24, 2.45) is 0 Å². The van der Waals surface area contributed by atoms with E-state index in [0.29, 0.717) is 16.9 Å². The molecule has 0 saturated carbocycles. The maximum absolute atomic E-state index is 13.3. The lowest BCUT2D eigenvalue weighted by Gasteiger charge is -2.26. The molecule has 7 heteroatoms. The number of carbonyl (C=O) groups excluding carboxylic acids is 3. The van der Waals surface area contributed by atoms with E-state index in [1.54, 1.807) is 18.2 Å². The van der Waals surface area contributed by atoms with E-state index >= 15 is 0 Å². The molecule has 4 aromatic rings. The number of nitrogens with zero attached hydrogens (tertiary/aromatic N) is 3. The number of fused-ring (bicyclic) bond motifs is 1. The maximum Gasteiger partial charge on any atom is 0.335 e. The molecule has 34 heavy (non-hydrogen) atoms. The monoisotopic (exact) mass is 450 g/mol. The van der Waals surface area contributed by atoms with Crippen LogP contribution in [-0.2, 0) is 9.59 Å². The van der Waals surface area contributed by atoms with Gasteiger partial charge < -0.3 is 0 Å². The van der Waals surface area contributed by atoms with Crippen LogP contribution in [0.5, 0.6) is 0 Å². The number of aryl methyl sites for hydroxylation is 2. The van der Waals surface area contributed by atoms with E-state index in [9.17, 15) is 14.4 Å². The molecule has 0 atom stereocenters. The first-order valence-electron chi connectivity index (χ1n) is 10.9. The number of urea groups is 1. The van der Waals surface area contributed by atoms with E-state index in [4.69, 9.17) is 5.10 Å². The van der Waals surface area contributed by atoms with Crippen LogP contribution in [0.1, 0.15) is 22.5 Å². The summed E-state index contributed by atoms with van der Waals surface area (Å²) in [5.74, 6) is -1.40. The number of carbonyl (C=O) groups is 3. The highest BCUT2D eigenvalue weighted by Crippen LogP contribution is 2.28. The van der Waals surface area contributed by atoms with Crippen molar-refractivity contribution in [2.45, 2.75) is 20.8 Å². The van der Waals surface area contributed by atoms with Crippen molar-refractivity contribution in [3.63, 3.8) is 0 Å². The number of nitrogens with one attached hydrogen (secondary N) is 1. The molecule has 1 saturated heterocycles. The zero-order valence-electron chi connectivity index (χ0n) is 19.0. The Morgan fingerprint density at radius 3 is 2.41 bits per heavy atom. The first-order valence-corrected chi connectivity index (χ1v) is 10.9. The number of anilines is 1. The minimum absolute atomic E-state index is 0.121. The van der Waals surface area contributed by atoms with Crippen molar-refractivity contribution < 1.29 is 14.4 Å². The van der Waals surface area contributed by atoms with E-state index in [1.165, 1.54) is 6.08 Å². The minimum Gasteiger partial charge on any atom is -0.273 e. The predicted molar refractivity (Wildman–Crippen MR) is 131 cm³/mol. The number of benzene rings is 3. The third-order valence-corrected chi connectivity index (χ3v) is 5.99. The molecular weight excluding hydrogens is 428 g/mol. The van der Waals surface area contributed by atoms with Gasteiger partial charge in [0.25, 0.3) is 11.8 Å². The molecule has 2 heterocycles. The van der Waals surface area contributed by atoms with Crippen LogP contribution in [0.25, 0.3) is 22.5 Å². The van der Waals surface area contributed by atoms with Crippen LogP contribution in [-0.4, -0.2) is 27.6 Å². The van der Waals surface area contributed by atoms with Crippen LogP contribution in [0.4, 0.5) is 10.5 Å². The third-order valence-electron chi connectivity index (χ3n) is 5.99. The van der Waals surface area contributed by atoms with Crippen molar-refractivity contribution in [1.29, 1.82) is 0 Å². The Hall–Kier alpha value is -4.52. The number of hydrogen-bond acceptors (Lipinski definition) is 4. The summed E-state index contributed by atoms with van der Waals surface area (Å²) >= 11 is 0. The van der Waals surface area contributed by atoms with Gasteiger partial charge in [0, 0.05) is 16.6 Å². The Bertz CT molecular complexity index is 1520. The molecule has 3 aromatic carbocycles. The fourth-order valence-corrected chi connectivity index (χ4v) is 4.29. The smallest absolute Gasteiger partial charge is 0.273 e. The highest BCUT2D eigenvalue weighted by Gasteiger charge is 2.37. The molecule has 0 spiro atoms. The van der Waals surface area contributed by atoms with Gasteiger partial charge in [-0.25, -0.2) is 14.4 Å². The van der Waals surface area contributed by atoms with Crippen molar-refractivity contribution in [3.8, 4) is 5.69 Å². The molecule has 0 bridgehead atoms. The van der Waals surface area contributed by atoms with Gasteiger partial charge in [0.05, 0.1) is 17.1 Å². The van der Waals surface area contributed by atoms with Crippen LogP contribution in [0.15, 0.2) is 72.3 Å². The molecule has 0 aliphatic carbocycles. The maximum atomic E-state index is 13.3. The second kappa shape index (κ2) is 8.12. The lowest BCUT2D eigenvalue weighted by atomic mass is 10.0. The van der Waals surface area contributed by atoms with Crippen molar-refractivity contribution >= 4 is 40.4 Å². The molecule has 168 valence electrons. The molecule has 1 aliphatic heterocycles. The summed E-state index contributed by atoms with van der Waals surface area (Å²) in [6, 6.07) is 20.3. The predicted octanol–water partition coefficient (Wildman–Crippen LogP) is 4.62. The largest absolute Gasteiger partial charge is 0.335 e. The average molecular weight is 450 g/mol. The van der Waals surface area contributed by atoms with Gasteiger partial charge in [-0.3, -0.25) is 14.9 Å². The Morgan fingerprint density at radius 1 is 0.882 bits per heavy atom. The Kier molecular flexibility index (Phi) is 5.09. The van der Waals surface area contributed by atoms with Gasteiger partial charge in [-0.15, -0.1) is 0 Å². The zero-order valence-corrected chi connectivity index (χ0v) is 19.0. The molecule has 7 nitrogen and oxygen atoms in total. The minimum atomic E-state index is -0.766. The summed E-state index contributed by atoms with van der Waals surface area (Å²) in [5, 5.41) is 9.10. The number of rotatable bonds is 3. The summed E-state index contributed by atoms with van der Waals surface area (Å²) in [6.07, 6.45) is 1.52. The summed E-state index contributed by atoms with van der Waals surface area (Å²) in [6.45, 7) is 5.59. The second-order valence-electron chi connectivity index (χ2n) is 8.29. The van der Waals surface area contributed by atoms with Gasteiger partial charge in [-0.05, 0) is 56.0 Å². The lowest BCUT2D eigenvalue weighted by Crippen LogP contribution is -2.54. The molecule has 0 unspecified atom stereocenters. The summed E-state index contributed by atoms with van der Waals surface area (Å²) in [4.78, 5) is 39.4. The van der Waals surface area contributed by atoms with E-state index in [2.05, 4.69) is 5.32 Å². The third kappa shape index (κ3) is 3.47. The zero-order chi connectivity index (χ0) is 24.0. The Morgan fingerprint density at radius 2 is 1.62 bits per heavy atom. The highest BCUT2D eigenvalue weighted by molar-refractivity contribution is 6.39. The Labute approximate surface area is 196 Å². The second-order valence-corrected chi connectivity index (χ2v) is 8.29. The van der Waals surface area contributed by atoms with Crippen LogP contribution in [0.3, 0.4) is 0 Å². The fourth-order valence-electron chi connectivity index (χ4n) is 4.29. The number of hydrogen-bond donors (Lipinski definition) is 1. The van der Waals surface area contributed by atoms with Crippen LogP contribution in [0.2, 0.25) is 0 Å². The molecule has 5 rings (SSSR count). The normalized spacial score (nSPS) is 15.3. The van der Waals surface area contributed by atoms with E-state index < -0.39 is 17.8 Å². The quantitative estimate of drug-likeness (QED) is 0.365. The van der Waals surface area contributed by atoms with Gasteiger partial charge >= 0.3 is 6.03 Å². The highest BCUT2D eigenvalue weighted by atomic mass is 16.2. The molecule has 1 fully saturated rings. The summed E-state index contributed by atoms with van der Waals surface area (Å²) in [7, 11) is 0. The topological polar surface area (TPSA) is 84.3 Å². The average Bonchev–Trinajstić information content (AvgIpc) is 3.09. The fraction of sp³-hybridized carbons (Fsp3) is 0.111. The van der Waals surface area contributed by atoms with Gasteiger partial charge in [0.15, 0.2) is 0 Å². The molecule has 1 N–H and O–H groups in total. The summed E-state index contributed by atoms with van der Waals surface area (Å²) in [5.41, 5.74) is 4.18. The van der Waals surface area contributed by atoms with Crippen molar-refractivity contribution in [2.75, 3.05) is 4.90 Å². The first-order chi connectivity index (χ1) is 16.3. The Balaban J connectivity index is 1.61. The van der Waals surface area contributed by atoms with Crippen LogP contribution >= 0.6 is 0 Å². The molecule has 0 radical (unpaired) electrons. The van der Waals surface area contributed by atoms with Crippen molar-refractivity contribution in [3.05, 3.63) is 94.8 Å². The molecule has 1 aromatic heterocycles. The van der Waals surface area contributed by atoms with Crippen LogP contribution in [0, 0.1) is 20.8 Å². The molecular formula is C27H22N4O3. The number of amides is 4. The SMILES string of the molecule is Cc1cccc(N2C(=O)NC(=O)/C(=C\c3c(C)nn(-c4cccc5ccccc45)c3C)C2=O)c1. The standard InChI is InChI=1S/C27H22N4O3/c1-16-8-6-11-20(14-16)30-26(33)23(25(32)28-27(30)34)15-22-17(2)29-31(18(22)3)24-13-7-10-19-9-4-5-12-21(19)24/h4-15H,1-3H3,(H,28,32,34)/b23-15+. The van der Waals surface area contributed by atoms with Gasteiger partial charge in [0.2, 0.25) is 0 Å². The van der Waals surface area contributed by atoms with E-state index in [1.807, 2.05) is 74.0 Å². The van der Waals surface area contributed by atoms with E-state index in [0.717, 1.165) is 32.6 Å². The van der Waals surface area contributed by atoms with Gasteiger partial charge in [-0.2, -0.15) is 5.10 Å². The first kappa shape index (κ1) is 21.3.